The fraction of sp³-hybridized carbons (Fsp3) is 0.143. The van der Waals surface area contributed by atoms with E-state index in [1.54, 1.807) is 12.1 Å². The Labute approximate surface area is 130 Å². The van der Waals surface area contributed by atoms with Gasteiger partial charge in [-0.25, -0.2) is 0 Å². The summed E-state index contributed by atoms with van der Waals surface area (Å²) >= 11 is 3.36. The number of hydrazine groups is 1. The van der Waals surface area contributed by atoms with Gasteiger partial charge in [-0.3, -0.25) is 16.0 Å². The molecule has 110 valence electrons. The second kappa shape index (κ2) is 7.16. The van der Waals surface area contributed by atoms with Crippen LogP contribution in [0.3, 0.4) is 0 Å². The van der Waals surface area contributed by atoms with Gasteiger partial charge in [0.1, 0.15) is 5.69 Å². The standard InChI is InChI=1S/C14H14BrN3O3/c15-12-4-1-10(2-5-12)8-21-9-11-3-6-13(17-16)14(7-11)18(19)20/h1-7,17H,8-9,16H2. The van der Waals surface area contributed by atoms with Crippen molar-refractivity contribution in [2.24, 2.45) is 5.84 Å². The Morgan fingerprint density at radius 2 is 1.76 bits per heavy atom. The van der Waals surface area contributed by atoms with Crippen LogP contribution in [0.1, 0.15) is 11.1 Å². The highest BCUT2D eigenvalue weighted by atomic mass is 79.9. The smallest absolute Gasteiger partial charge is 0.294 e. The number of nitrogens with two attached hydrogens (primary N) is 1. The van der Waals surface area contributed by atoms with E-state index in [0.717, 1.165) is 15.6 Å². The lowest BCUT2D eigenvalue weighted by molar-refractivity contribution is -0.384. The maximum absolute atomic E-state index is 10.9. The van der Waals surface area contributed by atoms with E-state index in [2.05, 4.69) is 21.4 Å². The molecule has 0 radical (unpaired) electrons. The van der Waals surface area contributed by atoms with Gasteiger partial charge in [-0.2, -0.15) is 0 Å². The Morgan fingerprint density at radius 1 is 1.14 bits per heavy atom. The Hall–Kier alpha value is -1.96. The normalized spacial score (nSPS) is 10.4. The summed E-state index contributed by atoms with van der Waals surface area (Å²) in [4.78, 5) is 10.4. The molecule has 0 heterocycles. The number of anilines is 1. The molecule has 0 saturated carbocycles. The number of hydrogen-bond donors (Lipinski definition) is 2. The average Bonchev–Trinajstić information content (AvgIpc) is 2.49. The lowest BCUT2D eigenvalue weighted by atomic mass is 10.2. The van der Waals surface area contributed by atoms with Gasteiger partial charge in [-0.05, 0) is 29.3 Å². The average molecular weight is 352 g/mol. The molecule has 21 heavy (non-hydrogen) atoms. The Bertz CT molecular complexity index is 632. The molecule has 3 N–H and O–H groups in total. The van der Waals surface area contributed by atoms with Crippen LogP contribution in [0.2, 0.25) is 0 Å². The van der Waals surface area contributed by atoms with E-state index < -0.39 is 4.92 Å². The second-order valence-corrected chi connectivity index (χ2v) is 5.29. The first kappa shape index (κ1) is 15.4. The van der Waals surface area contributed by atoms with Crippen molar-refractivity contribution in [2.45, 2.75) is 13.2 Å². The minimum atomic E-state index is -0.479. The molecular formula is C14H14BrN3O3. The van der Waals surface area contributed by atoms with Crippen LogP contribution in [-0.2, 0) is 18.0 Å². The van der Waals surface area contributed by atoms with E-state index in [0.29, 0.717) is 13.2 Å². The van der Waals surface area contributed by atoms with Crippen LogP contribution in [0, 0.1) is 10.1 Å². The van der Waals surface area contributed by atoms with E-state index in [9.17, 15) is 10.1 Å². The molecule has 0 amide bonds. The van der Waals surface area contributed by atoms with E-state index in [1.165, 1.54) is 6.07 Å². The molecule has 0 bridgehead atoms. The number of nitrogens with one attached hydrogen (secondary N) is 1. The summed E-state index contributed by atoms with van der Waals surface area (Å²) in [5.74, 6) is 5.24. The molecule has 0 fully saturated rings. The zero-order valence-corrected chi connectivity index (χ0v) is 12.7. The van der Waals surface area contributed by atoms with E-state index >= 15 is 0 Å². The highest BCUT2D eigenvalue weighted by Gasteiger charge is 2.13. The lowest BCUT2D eigenvalue weighted by Gasteiger charge is -2.07. The van der Waals surface area contributed by atoms with Crippen molar-refractivity contribution in [3.63, 3.8) is 0 Å². The summed E-state index contributed by atoms with van der Waals surface area (Å²) in [5, 5.41) is 10.9. The van der Waals surface area contributed by atoms with Gasteiger partial charge >= 0.3 is 0 Å². The summed E-state index contributed by atoms with van der Waals surface area (Å²) in [6, 6.07) is 12.5. The molecule has 2 aromatic carbocycles. The first-order valence-corrected chi connectivity index (χ1v) is 6.95. The number of rotatable bonds is 6. The molecule has 0 atom stereocenters. The Kier molecular flexibility index (Phi) is 5.26. The van der Waals surface area contributed by atoms with Crippen LogP contribution < -0.4 is 11.3 Å². The van der Waals surface area contributed by atoms with Gasteiger partial charge in [0.05, 0.1) is 18.1 Å². The van der Waals surface area contributed by atoms with E-state index in [-0.39, 0.29) is 11.4 Å². The lowest BCUT2D eigenvalue weighted by Crippen LogP contribution is -2.09. The van der Waals surface area contributed by atoms with Crippen molar-refractivity contribution in [3.05, 3.63) is 68.2 Å². The number of hydrogen-bond acceptors (Lipinski definition) is 5. The Balaban J connectivity index is 1.98. The van der Waals surface area contributed by atoms with Gasteiger partial charge in [0.15, 0.2) is 0 Å². The molecular weight excluding hydrogens is 338 g/mol. The highest BCUT2D eigenvalue weighted by molar-refractivity contribution is 9.10. The first-order valence-electron chi connectivity index (χ1n) is 6.16. The SMILES string of the molecule is NNc1ccc(COCc2ccc(Br)cc2)cc1[N+](=O)[O-]. The number of nitro benzene ring substituents is 1. The number of nitrogens with zero attached hydrogens (tertiary/aromatic N) is 1. The van der Waals surface area contributed by atoms with Crippen molar-refractivity contribution in [3.8, 4) is 0 Å². The number of nitro groups is 1. The summed E-state index contributed by atoms with van der Waals surface area (Å²) in [5.41, 5.74) is 4.27. The van der Waals surface area contributed by atoms with Crippen LogP contribution in [-0.4, -0.2) is 4.92 Å². The zero-order valence-electron chi connectivity index (χ0n) is 11.1. The maximum atomic E-state index is 10.9. The van der Waals surface area contributed by atoms with Crippen molar-refractivity contribution < 1.29 is 9.66 Å². The fourth-order valence-corrected chi connectivity index (χ4v) is 2.07. The minimum Gasteiger partial charge on any atom is -0.372 e. The molecule has 2 aromatic rings. The molecule has 0 saturated heterocycles. The number of nitrogen functional groups attached to an aromatic ring is 1. The second-order valence-electron chi connectivity index (χ2n) is 4.37. The number of benzene rings is 2. The minimum absolute atomic E-state index is 0.0674. The summed E-state index contributed by atoms with van der Waals surface area (Å²) in [7, 11) is 0. The largest absolute Gasteiger partial charge is 0.372 e. The van der Waals surface area contributed by atoms with Crippen molar-refractivity contribution in [1.82, 2.24) is 0 Å². The zero-order chi connectivity index (χ0) is 15.2. The van der Waals surface area contributed by atoms with Gasteiger partial charge in [0.25, 0.3) is 5.69 Å². The van der Waals surface area contributed by atoms with Gasteiger partial charge in [-0.15, -0.1) is 0 Å². The third kappa shape index (κ3) is 4.25. The fourth-order valence-electron chi connectivity index (χ4n) is 1.81. The predicted molar refractivity (Wildman–Crippen MR) is 83.5 cm³/mol. The van der Waals surface area contributed by atoms with Crippen LogP contribution >= 0.6 is 15.9 Å². The third-order valence-electron chi connectivity index (χ3n) is 2.87. The van der Waals surface area contributed by atoms with Crippen LogP contribution in [0.4, 0.5) is 11.4 Å². The van der Waals surface area contributed by atoms with Crippen molar-refractivity contribution in [1.29, 1.82) is 0 Å². The van der Waals surface area contributed by atoms with Gasteiger partial charge < -0.3 is 10.2 Å². The topological polar surface area (TPSA) is 90.4 Å². The molecule has 0 aliphatic carbocycles. The van der Waals surface area contributed by atoms with E-state index in [4.69, 9.17) is 10.6 Å². The molecule has 0 spiro atoms. The maximum Gasteiger partial charge on any atom is 0.294 e. The molecule has 2 rings (SSSR count). The quantitative estimate of drug-likeness (QED) is 0.473. The molecule has 6 nitrogen and oxygen atoms in total. The summed E-state index contributed by atoms with van der Waals surface area (Å²) in [6.07, 6.45) is 0. The van der Waals surface area contributed by atoms with Gasteiger partial charge in [0, 0.05) is 10.5 Å². The van der Waals surface area contributed by atoms with Crippen LogP contribution in [0.25, 0.3) is 0 Å². The highest BCUT2D eigenvalue weighted by Crippen LogP contribution is 2.25. The predicted octanol–water partition coefficient (Wildman–Crippen LogP) is 3.36. The number of ether oxygens (including phenoxy) is 1. The van der Waals surface area contributed by atoms with Gasteiger partial charge in [-0.1, -0.05) is 34.1 Å². The molecule has 0 aliphatic rings. The van der Waals surface area contributed by atoms with E-state index in [1.807, 2.05) is 24.3 Å². The monoisotopic (exact) mass is 351 g/mol. The van der Waals surface area contributed by atoms with Gasteiger partial charge in [0.2, 0.25) is 0 Å². The van der Waals surface area contributed by atoms with Crippen molar-refractivity contribution in [2.75, 3.05) is 5.43 Å². The third-order valence-corrected chi connectivity index (χ3v) is 3.39. The van der Waals surface area contributed by atoms with Crippen molar-refractivity contribution >= 4 is 27.3 Å². The molecule has 0 unspecified atom stereocenters. The summed E-state index contributed by atoms with van der Waals surface area (Å²) in [6.45, 7) is 0.736. The molecule has 0 aromatic heterocycles. The Morgan fingerprint density at radius 3 is 2.38 bits per heavy atom. The van der Waals surface area contributed by atoms with Crippen LogP contribution in [0.5, 0.6) is 0 Å². The number of halogens is 1. The summed E-state index contributed by atoms with van der Waals surface area (Å²) < 4.78 is 6.57. The molecule has 0 aliphatic heterocycles. The van der Waals surface area contributed by atoms with Crippen LogP contribution in [0.15, 0.2) is 46.9 Å². The first-order chi connectivity index (χ1) is 10.1. The molecule has 7 heteroatoms.